The molecule has 0 spiro atoms. The number of hydrogen-bond acceptors (Lipinski definition) is 5. The molecule has 22 heavy (non-hydrogen) atoms. The van der Waals surface area contributed by atoms with Gasteiger partial charge < -0.3 is 0 Å². The Morgan fingerprint density at radius 1 is 1.36 bits per heavy atom. The Morgan fingerprint density at radius 2 is 2.09 bits per heavy atom. The Balaban J connectivity index is 1.92. The lowest BCUT2D eigenvalue weighted by Crippen LogP contribution is -2.38. The molecule has 1 aromatic carbocycles. The average molecular weight is 304 g/mol. The normalized spacial score (nSPS) is 16.3. The van der Waals surface area contributed by atoms with Crippen molar-refractivity contribution >= 4 is 17.3 Å². The molecule has 0 bridgehead atoms. The fourth-order valence-electron chi connectivity index (χ4n) is 2.41. The van der Waals surface area contributed by atoms with Gasteiger partial charge in [-0.1, -0.05) is 18.6 Å². The number of nitro benzene ring substituents is 1. The van der Waals surface area contributed by atoms with Crippen LogP contribution < -0.4 is 5.43 Å². The SMILES string of the molecule is CC(=NNC(=O)CN1CCCCC1)c1cccc([N+](=O)[O-])c1. The van der Waals surface area contributed by atoms with Crippen molar-refractivity contribution < 1.29 is 9.72 Å². The van der Waals surface area contributed by atoms with Gasteiger partial charge in [-0.15, -0.1) is 0 Å². The number of likely N-dealkylation sites (tertiary alicyclic amines) is 1. The summed E-state index contributed by atoms with van der Waals surface area (Å²) in [6.07, 6.45) is 3.48. The number of piperidine rings is 1. The van der Waals surface area contributed by atoms with Crippen LogP contribution in [0, 0.1) is 10.1 Å². The van der Waals surface area contributed by atoms with E-state index in [4.69, 9.17) is 0 Å². The van der Waals surface area contributed by atoms with Gasteiger partial charge >= 0.3 is 0 Å². The molecule has 0 atom stereocenters. The average Bonchev–Trinajstić information content (AvgIpc) is 2.53. The molecule has 0 aliphatic carbocycles. The number of carbonyl (C=O) groups excluding carboxylic acids is 1. The first kappa shape index (κ1) is 16.1. The Kier molecular flexibility index (Phi) is 5.60. The lowest BCUT2D eigenvalue weighted by Gasteiger charge is -2.25. The fourth-order valence-corrected chi connectivity index (χ4v) is 2.41. The number of benzene rings is 1. The highest BCUT2D eigenvalue weighted by Crippen LogP contribution is 2.13. The molecule has 0 aromatic heterocycles. The van der Waals surface area contributed by atoms with Crippen molar-refractivity contribution in [2.45, 2.75) is 26.2 Å². The molecular formula is C15H20N4O3. The summed E-state index contributed by atoms with van der Waals surface area (Å²) in [4.78, 5) is 24.3. The summed E-state index contributed by atoms with van der Waals surface area (Å²) < 4.78 is 0. The first-order chi connectivity index (χ1) is 10.6. The highest BCUT2D eigenvalue weighted by Gasteiger charge is 2.13. The molecule has 1 heterocycles. The molecule has 1 N–H and O–H groups in total. The lowest BCUT2D eigenvalue weighted by molar-refractivity contribution is -0.384. The van der Waals surface area contributed by atoms with Gasteiger partial charge in [0.2, 0.25) is 0 Å². The number of hydrazone groups is 1. The molecule has 1 saturated heterocycles. The third-order valence-electron chi connectivity index (χ3n) is 3.64. The van der Waals surface area contributed by atoms with E-state index in [9.17, 15) is 14.9 Å². The molecule has 118 valence electrons. The van der Waals surface area contributed by atoms with Crippen LogP contribution in [0.4, 0.5) is 5.69 Å². The van der Waals surface area contributed by atoms with E-state index in [1.165, 1.54) is 18.6 Å². The van der Waals surface area contributed by atoms with Gasteiger partial charge in [-0.05, 0) is 32.9 Å². The van der Waals surface area contributed by atoms with Crippen molar-refractivity contribution in [3.05, 3.63) is 39.9 Å². The van der Waals surface area contributed by atoms with Crippen LogP contribution in [0.15, 0.2) is 29.4 Å². The van der Waals surface area contributed by atoms with Crippen LogP contribution in [-0.2, 0) is 4.79 Å². The maximum atomic E-state index is 11.9. The minimum absolute atomic E-state index is 0.00620. The van der Waals surface area contributed by atoms with Gasteiger partial charge in [0.25, 0.3) is 11.6 Å². The zero-order chi connectivity index (χ0) is 15.9. The van der Waals surface area contributed by atoms with E-state index in [0.717, 1.165) is 25.9 Å². The first-order valence-electron chi connectivity index (χ1n) is 7.36. The Morgan fingerprint density at radius 3 is 2.77 bits per heavy atom. The number of non-ortho nitro benzene ring substituents is 1. The van der Waals surface area contributed by atoms with Gasteiger partial charge in [-0.25, -0.2) is 5.43 Å². The number of carbonyl (C=O) groups is 1. The summed E-state index contributed by atoms with van der Waals surface area (Å²) in [5.74, 6) is -0.160. The molecule has 0 unspecified atom stereocenters. The smallest absolute Gasteiger partial charge is 0.270 e. The summed E-state index contributed by atoms with van der Waals surface area (Å²) >= 11 is 0. The summed E-state index contributed by atoms with van der Waals surface area (Å²) in [6.45, 7) is 3.94. The second-order valence-electron chi connectivity index (χ2n) is 5.38. The molecule has 1 amide bonds. The molecule has 1 aliphatic heterocycles. The van der Waals surface area contributed by atoms with E-state index in [0.29, 0.717) is 17.8 Å². The van der Waals surface area contributed by atoms with E-state index in [-0.39, 0.29) is 11.6 Å². The van der Waals surface area contributed by atoms with Crippen LogP contribution in [0.25, 0.3) is 0 Å². The van der Waals surface area contributed by atoms with Gasteiger partial charge in [-0.2, -0.15) is 5.10 Å². The van der Waals surface area contributed by atoms with Crippen LogP contribution in [0.1, 0.15) is 31.7 Å². The van der Waals surface area contributed by atoms with E-state index in [1.54, 1.807) is 19.1 Å². The summed E-state index contributed by atoms with van der Waals surface area (Å²) in [5, 5.41) is 14.8. The van der Waals surface area contributed by atoms with E-state index in [1.807, 2.05) is 0 Å². The molecular weight excluding hydrogens is 284 g/mol. The van der Waals surface area contributed by atoms with Crippen LogP contribution in [0.5, 0.6) is 0 Å². The Labute approximate surface area is 129 Å². The quantitative estimate of drug-likeness (QED) is 0.511. The van der Waals surface area contributed by atoms with Gasteiger partial charge in [-0.3, -0.25) is 19.8 Å². The molecule has 1 aromatic rings. The first-order valence-corrected chi connectivity index (χ1v) is 7.36. The van der Waals surface area contributed by atoms with E-state index < -0.39 is 4.92 Å². The Hall–Kier alpha value is -2.28. The van der Waals surface area contributed by atoms with Gasteiger partial charge in [0.1, 0.15) is 0 Å². The standard InChI is InChI=1S/C15H20N4O3/c1-12(13-6-5-7-14(10-13)19(21)22)16-17-15(20)11-18-8-3-2-4-9-18/h5-7,10H,2-4,8-9,11H2,1H3,(H,17,20). The molecule has 2 rings (SSSR count). The number of rotatable bonds is 5. The second kappa shape index (κ2) is 7.65. The number of nitrogens with one attached hydrogen (secondary N) is 1. The number of hydrogen-bond donors (Lipinski definition) is 1. The van der Waals surface area contributed by atoms with Crippen molar-refractivity contribution in [1.29, 1.82) is 0 Å². The van der Waals surface area contributed by atoms with E-state index >= 15 is 0 Å². The van der Waals surface area contributed by atoms with E-state index in [2.05, 4.69) is 15.4 Å². The number of nitro groups is 1. The maximum absolute atomic E-state index is 11.9. The monoisotopic (exact) mass is 304 g/mol. The molecule has 7 heteroatoms. The summed E-state index contributed by atoms with van der Waals surface area (Å²) in [5.41, 5.74) is 3.68. The van der Waals surface area contributed by atoms with Crippen molar-refractivity contribution in [3.8, 4) is 0 Å². The topological polar surface area (TPSA) is 87.8 Å². The van der Waals surface area contributed by atoms with Gasteiger partial charge in [0.15, 0.2) is 0 Å². The van der Waals surface area contributed by atoms with Crippen LogP contribution in [0.2, 0.25) is 0 Å². The zero-order valence-electron chi connectivity index (χ0n) is 12.6. The Bertz CT molecular complexity index is 580. The summed E-state index contributed by atoms with van der Waals surface area (Å²) in [7, 11) is 0. The van der Waals surface area contributed by atoms with Gasteiger partial charge in [0, 0.05) is 17.7 Å². The van der Waals surface area contributed by atoms with Gasteiger partial charge in [0.05, 0.1) is 17.2 Å². The maximum Gasteiger partial charge on any atom is 0.270 e. The third-order valence-corrected chi connectivity index (χ3v) is 3.64. The highest BCUT2D eigenvalue weighted by molar-refractivity contribution is 5.99. The minimum Gasteiger partial charge on any atom is -0.294 e. The van der Waals surface area contributed by atoms with Crippen molar-refractivity contribution in [3.63, 3.8) is 0 Å². The predicted octanol–water partition coefficient (Wildman–Crippen LogP) is 1.92. The van der Waals surface area contributed by atoms with Crippen LogP contribution >= 0.6 is 0 Å². The van der Waals surface area contributed by atoms with Crippen molar-refractivity contribution in [2.24, 2.45) is 5.10 Å². The second-order valence-corrected chi connectivity index (χ2v) is 5.38. The fraction of sp³-hybridized carbons (Fsp3) is 0.467. The zero-order valence-corrected chi connectivity index (χ0v) is 12.6. The van der Waals surface area contributed by atoms with Crippen molar-refractivity contribution in [1.82, 2.24) is 10.3 Å². The third kappa shape index (κ3) is 4.63. The predicted molar refractivity (Wildman–Crippen MR) is 83.7 cm³/mol. The number of amides is 1. The molecule has 0 radical (unpaired) electrons. The minimum atomic E-state index is -0.453. The highest BCUT2D eigenvalue weighted by atomic mass is 16.6. The molecule has 1 aliphatic rings. The van der Waals surface area contributed by atoms with Crippen LogP contribution in [-0.4, -0.2) is 41.1 Å². The summed E-state index contributed by atoms with van der Waals surface area (Å²) in [6, 6.07) is 6.19. The lowest BCUT2D eigenvalue weighted by atomic mass is 10.1. The van der Waals surface area contributed by atoms with Crippen molar-refractivity contribution in [2.75, 3.05) is 19.6 Å². The molecule has 7 nitrogen and oxygen atoms in total. The molecule has 1 fully saturated rings. The van der Waals surface area contributed by atoms with Crippen LogP contribution in [0.3, 0.4) is 0 Å². The molecule has 0 saturated carbocycles. The largest absolute Gasteiger partial charge is 0.294 e. The number of nitrogens with zero attached hydrogens (tertiary/aromatic N) is 3.